The van der Waals surface area contributed by atoms with Crippen LogP contribution in [0.2, 0.25) is 0 Å². The molecule has 0 atom stereocenters. The predicted molar refractivity (Wildman–Crippen MR) is 107 cm³/mol. The molecule has 3 aromatic rings. The third-order valence-corrected chi connectivity index (χ3v) is 5.49. The first kappa shape index (κ1) is 16.6. The van der Waals surface area contributed by atoms with Crippen LogP contribution in [0.25, 0.3) is 22.5 Å². The lowest BCUT2D eigenvalue weighted by atomic mass is 10.0. The minimum atomic E-state index is -0.00736. The zero-order valence-electron chi connectivity index (χ0n) is 14.5. The number of carbonyl (C=O) groups excluding carboxylic acids is 1. The third-order valence-electron chi connectivity index (χ3n) is 4.96. The Morgan fingerprint density at radius 1 is 0.889 bits per heavy atom. The van der Waals surface area contributed by atoms with Gasteiger partial charge in [-0.3, -0.25) is 4.79 Å². The van der Waals surface area contributed by atoms with Gasteiger partial charge in [0.15, 0.2) is 5.78 Å². The number of halogens is 1. The molecule has 1 saturated heterocycles. The normalized spacial score (nSPS) is 15.6. The second kappa shape index (κ2) is 6.55. The van der Waals surface area contributed by atoms with E-state index in [4.69, 9.17) is 14.7 Å². The number of hydrogen-bond acceptors (Lipinski definition) is 5. The van der Waals surface area contributed by atoms with E-state index in [0.717, 1.165) is 34.4 Å². The van der Waals surface area contributed by atoms with Gasteiger partial charge in [-0.05, 0) is 12.1 Å². The maximum atomic E-state index is 13.1. The summed E-state index contributed by atoms with van der Waals surface area (Å²) in [6.45, 7) is 2.80. The van der Waals surface area contributed by atoms with Crippen LogP contribution >= 0.6 is 15.9 Å². The van der Waals surface area contributed by atoms with E-state index in [2.05, 4.69) is 20.8 Å². The lowest BCUT2D eigenvalue weighted by molar-refractivity contribution is 0.104. The molecule has 1 aliphatic heterocycles. The van der Waals surface area contributed by atoms with Gasteiger partial charge in [-0.15, -0.1) is 0 Å². The van der Waals surface area contributed by atoms with E-state index in [1.165, 1.54) is 0 Å². The minimum Gasteiger partial charge on any atom is -0.378 e. The summed E-state index contributed by atoms with van der Waals surface area (Å²) in [6, 6.07) is 15.5. The highest BCUT2D eigenvalue weighted by Crippen LogP contribution is 2.40. The van der Waals surface area contributed by atoms with Crippen molar-refractivity contribution < 1.29 is 9.53 Å². The summed E-state index contributed by atoms with van der Waals surface area (Å²) in [7, 11) is 0. The van der Waals surface area contributed by atoms with E-state index in [-0.39, 0.29) is 5.78 Å². The van der Waals surface area contributed by atoms with E-state index < -0.39 is 0 Å². The van der Waals surface area contributed by atoms with Crippen molar-refractivity contribution in [1.29, 1.82) is 0 Å². The molecule has 0 radical (unpaired) electrons. The molecular formula is C21H16BrN3O2. The monoisotopic (exact) mass is 421 g/mol. The number of carbonyl (C=O) groups is 1. The van der Waals surface area contributed by atoms with E-state index in [9.17, 15) is 4.79 Å². The van der Waals surface area contributed by atoms with Crippen LogP contribution in [0.3, 0.4) is 0 Å². The lowest BCUT2D eigenvalue weighted by Crippen LogP contribution is -2.37. The quantitative estimate of drug-likeness (QED) is 0.490. The molecule has 0 amide bonds. The van der Waals surface area contributed by atoms with E-state index >= 15 is 0 Å². The Morgan fingerprint density at radius 3 is 2.30 bits per heavy atom. The Bertz CT molecular complexity index is 1040. The van der Waals surface area contributed by atoms with Crippen molar-refractivity contribution >= 4 is 27.7 Å². The maximum absolute atomic E-state index is 13.1. The van der Waals surface area contributed by atoms with E-state index in [0.29, 0.717) is 36.0 Å². The van der Waals surface area contributed by atoms with Crippen molar-refractivity contribution in [2.24, 2.45) is 0 Å². The van der Waals surface area contributed by atoms with Crippen LogP contribution < -0.4 is 4.90 Å². The molecule has 6 heteroatoms. The molecule has 2 aromatic carbocycles. The van der Waals surface area contributed by atoms with Crippen molar-refractivity contribution in [2.45, 2.75) is 0 Å². The topological polar surface area (TPSA) is 55.3 Å². The Kier molecular flexibility index (Phi) is 4.02. The van der Waals surface area contributed by atoms with Crippen molar-refractivity contribution in [3.05, 3.63) is 64.1 Å². The van der Waals surface area contributed by atoms with Crippen molar-refractivity contribution in [2.75, 3.05) is 31.2 Å². The standard InChI is InChI=1S/C21H16BrN3O2/c22-14-7-5-13(6-8-14)18-17-19(15-3-1-2-4-16(15)20(17)26)24-21(23-18)25-9-11-27-12-10-25/h1-8H,9-12H2. The molecule has 0 bridgehead atoms. The molecule has 5 rings (SSSR count). The van der Waals surface area contributed by atoms with Gasteiger partial charge in [0.1, 0.15) is 0 Å². The summed E-state index contributed by atoms with van der Waals surface area (Å²) in [5.41, 5.74) is 4.50. The fraction of sp³-hybridized carbons (Fsp3) is 0.190. The van der Waals surface area contributed by atoms with Crippen LogP contribution in [0.4, 0.5) is 5.95 Å². The van der Waals surface area contributed by atoms with Crippen molar-refractivity contribution in [3.63, 3.8) is 0 Å². The van der Waals surface area contributed by atoms with Gasteiger partial charge in [0.05, 0.1) is 30.2 Å². The molecule has 5 nitrogen and oxygen atoms in total. The molecule has 0 spiro atoms. The second-order valence-electron chi connectivity index (χ2n) is 6.58. The highest BCUT2D eigenvalue weighted by Gasteiger charge is 2.33. The van der Waals surface area contributed by atoms with Crippen LogP contribution in [0.1, 0.15) is 15.9 Å². The van der Waals surface area contributed by atoms with Crippen LogP contribution in [0, 0.1) is 0 Å². The summed E-state index contributed by atoms with van der Waals surface area (Å²) >= 11 is 3.47. The van der Waals surface area contributed by atoms with Crippen LogP contribution in [-0.4, -0.2) is 42.1 Å². The number of nitrogens with zero attached hydrogens (tertiary/aromatic N) is 3. The van der Waals surface area contributed by atoms with Gasteiger partial charge in [0.25, 0.3) is 0 Å². The van der Waals surface area contributed by atoms with Gasteiger partial charge in [-0.2, -0.15) is 0 Å². The third kappa shape index (κ3) is 2.76. The highest BCUT2D eigenvalue weighted by molar-refractivity contribution is 9.10. The maximum Gasteiger partial charge on any atom is 0.226 e. The zero-order chi connectivity index (χ0) is 18.4. The number of rotatable bonds is 2. The number of morpholine rings is 1. The summed E-state index contributed by atoms with van der Waals surface area (Å²) in [6.07, 6.45) is 0. The van der Waals surface area contributed by atoms with Crippen LogP contribution in [-0.2, 0) is 4.74 Å². The summed E-state index contributed by atoms with van der Waals surface area (Å²) in [5, 5.41) is 0. The first-order valence-corrected chi connectivity index (χ1v) is 9.66. The molecule has 27 heavy (non-hydrogen) atoms. The molecule has 1 aliphatic carbocycles. The Morgan fingerprint density at radius 2 is 1.56 bits per heavy atom. The fourth-order valence-corrected chi connectivity index (χ4v) is 3.87. The van der Waals surface area contributed by atoms with Crippen LogP contribution in [0.5, 0.6) is 0 Å². The molecule has 1 fully saturated rings. The van der Waals surface area contributed by atoms with Crippen molar-refractivity contribution in [3.8, 4) is 22.5 Å². The molecule has 0 N–H and O–H groups in total. The number of aromatic nitrogens is 2. The van der Waals surface area contributed by atoms with Gasteiger partial charge >= 0.3 is 0 Å². The highest BCUT2D eigenvalue weighted by atomic mass is 79.9. The zero-order valence-corrected chi connectivity index (χ0v) is 16.1. The van der Waals surface area contributed by atoms with Gasteiger partial charge in [0, 0.05) is 34.3 Å². The number of anilines is 1. The number of ether oxygens (including phenoxy) is 1. The van der Waals surface area contributed by atoms with Gasteiger partial charge in [0.2, 0.25) is 5.95 Å². The van der Waals surface area contributed by atoms with Gasteiger partial charge in [-0.1, -0.05) is 52.3 Å². The largest absolute Gasteiger partial charge is 0.378 e. The predicted octanol–water partition coefficient (Wildman–Crippen LogP) is 3.95. The molecule has 1 aromatic heterocycles. The average Bonchev–Trinajstić information content (AvgIpc) is 3.01. The lowest BCUT2D eigenvalue weighted by Gasteiger charge is -2.27. The van der Waals surface area contributed by atoms with E-state index in [1.54, 1.807) is 0 Å². The number of benzene rings is 2. The molecule has 2 heterocycles. The van der Waals surface area contributed by atoms with Crippen molar-refractivity contribution in [1.82, 2.24) is 9.97 Å². The second-order valence-corrected chi connectivity index (χ2v) is 7.49. The molecule has 2 aliphatic rings. The summed E-state index contributed by atoms with van der Waals surface area (Å²) in [5.74, 6) is 0.645. The molecule has 0 saturated carbocycles. The number of ketones is 1. The Hall–Kier alpha value is -2.57. The Labute approximate surface area is 165 Å². The molecule has 134 valence electrons. The SMILES string of the molecule is O=C1c2ccccc2-c2nc(N3CCOCC3)nc(-c3ccc(Br)cc3)c21. The first-order valence-electron chi connectivity index (χ1n) is 8.87. The first-order chi connectivity index (χ1) is 13.2. The fourth-order valence-electron chi connectivity index (χ4n) is 3.60. The van der Waals surface area contributed by atoms with Gasteiger partial charge < -0.3 is 9.64 Å². The number of fused-ring (bicyclic) bond motifs is 3. The molecule has 0 unspecified atom stereocenters. The van der Waals surface area contributed by atoms with E-state index in [1.807, 2.05) is 48.5 Å². The minimum absolute atomic E-state index is 0.00736. The molecular weight excluding hydrogens is 406 g/mol. The van der Waals surface area contributed by atoms with Gasteiger partial charge in [-0.25, -0.2) is 9.97 Å². The Balaban J connectivity index is 1.75. The summed E-state index contributed by atoms with van der Waals surface area (Å²) < 4.78 is 6.44. The number of hydrogen-bond donors (Lipinski definition) is 0. The van der Waals surface area contributed by atoms with Crippen LogP contribution in [0.15, 0.2) is 53.0 Å². The average molecular weight is 422 g/mol. The smallest absolute Gasteiger partial charge is 0.226 e. The summed E-state index contributed by atoms with van der Waals surface area (Å²) in [4.78, 5) is 24.9.